The summed E-state index contributed by atoms with van der Waals surface area (Å²) < 4.78 is 0. The fourth-order valence-electron chi connectivity index (χ4n) is 1.54. The molecule has 1 aromatic rings. The molecule has 1 rings (SSSR count). The molecule has 0 radical (unpaired) electrons. The van der Waals surface area contributed by atoms with Crippen LogP contribution < -0.4 is 10.6 Å². The number of carbonyl (C=O) groups is 1. The van der Waals surface area contributed by atoms with Gasteiger partial charge >= 0.3 is 0 Å². The van der Waals surface area contributed by atoms with Crippen molar-refractivity contribution in [2.24, 2.45) is 5.92 Å². The van der Waals surface area contributed by atoms with Crippen molar-refractivity contribution in [3.8, 4) is 0 Å². The number of nitrogens with one attached hydrogen (secondary N) is 2. The van der Waals surface area contributed by atoms with Gasteiger partial charge in [0.1, 0.15) is 0 Å². The van der Waals surface area contributed by atoms with Gasteiger partial charge in [-0.05, 0) is 12.8 Å². The molecule has 0 saturated heterocycles. The highest BCUT2D eigenvalue weighted by atomic mass is 32.1. The maximum Gasteiger partial charge on any atom is 0.236 e. The van der Waals surface area contributed by atoms with Gasteiger partial charge in [-0.15, -0.1) is 11.3 Å². The summed E-state index contributed by atoms with van der Waals surface area (Å²) in [6, 6.07) is -0.200. The standard InChI is InChI=1S/C15H27N3OS/c1-10(2)7-17-13(19)11(3)16-8-12-9-20-14(18-12)15(4,5)6/h9-11,16H,7-8H2,1-6H3,(H,17,19). The number of amides is 1. The molecule has 1 unspecified atom stereocenters. The van der Waals surface area contributed by atoms with Crippen molar-refractivity contribution in [3.63, 3.8) is 0 Å². The predicted octanol–water partition coefficient (Wildman–Crippen LogP) is 2.69. The van der Waals surface area contributed by atoms with Gasteiger partial charge < -0.3 is 10.6 Å². The molecule has 1 amide bonds. The van der Waals surface area contributed by atoms with Crippen molar-refractivity contribution in [2.75, 3.05) is 6.54 Å². The van der Waals surface area contributed by atoms with Gasteiger partial charge in [-0.2, -0.15) is 0 Å². The zero-order valence-corrected chi connectivity index (χ0v) is 14.2. The Morgan fingerprint density at radius 1 is 1.35 bits per heavy atom. The van der Waals surface area contributed by atoms with Crippen molar-refractivity contribution in [1.82, 2.24) is 15.6 Å². The van der Waals surface area contributed by atoms with Crippen molar-refractivity contribution in [3.05, 3.63) is 16.1 Å². The SMILES string of the molecule is CC(C)CNC(=O)C(C)NCc1csc(C(C)(C)C)n1. The van der Waals surface area contributed by atoms with Crippen LogP contribution in [0.25, 0.3) is 0 Å². The minimum Gasteiger partial charge on any atom is -0.354 e. The van der Waals surface area contributed by atoms with Gasteiger partial charge in [0.25, 0.3) is 0 Å². The Morgan fingerprint density at radius 3 is 2.50 bits per heavy atom. The molecule has 0 aliphatic heterocycles. The smallest absolute Gasteiger partial charge is 0.236 e. The highest BCUT2D eigenvalue weighted by molar-refractivity contribution is 7.09. The van der Waals surface area contributed by atoms with E-state index in [1.165, 1.54) is 0 Å². The van der Waals surface area contributed by atoms with Crippen LogP contribution in [0.1, 0.15) is 52.2 Å². The molecule has 1 atom stereocenters. The van der Waals surface area contributed by atoms with Crippen molar-refractivity contribution in [2.45, 2.75) is 59.5 Å². The van der Waals surface area contributed by atoms with Crippen molar-refractivity contribution >= 4 is 17.2 Å². The Hall–Kier alpha value is -0.940. The molecular weight excluding hydrogens is 270 g/mol. The van der Waals surface area contributed by atoms with Crippen LogP contribution in [0.3, 0.4) is 0 Å². The molecule has 5 heteroatoms. The number of rotatable bonds is 6. The zero-order chi connectivity index (χ0) is 15.3. The minimum atomic E-state index is -0.200. The summed E-state index contributed by atoms with van der Waals surface area (Å²) in [6.07, 6.45) is 0. The maximum atomic E-state index is 11.8. The summed E-state index contributed by atoms with van der Waals surface area (Å²) in [7, 11) is 0. The first-order valence-corrected chi connectivity index (χ1v) is 8.04. The van der Waals surface area contributed by atoms with Crippen LogP contribution in [-0.4, -0.2) is 23.5 Å². The van der Waals surface area contributed by atoms with E-state index < -0.39 is 0 Å². The normalized spacial score (nSPS) is 13.6. The number of carbonyl (C=O) groups excluding carboxylic acids is 1. The van der Waals surface area contributed by atoms with E-state index in [0.717, 1.165) is 17.2 Å². The van der Waals surface area contributed by atoms with Crippen LogP contribution >= 0.6 is 11.3 Å². The molecule has 4 nitrogen and oxygen atoms in total. The molecule has 0 aliphatic rings. The van der Waals surface area contributed by atoms with Crippen LogP contribution in [0.15, 0.2) is 5.38 Å². The number of aromatic nitrogens is 1. The molecule has 1 aromatic heterocycles. The van der Waals surface area contributed by atoms with E-state index in [-0.39, 0.29) is 17.4 Å². The van der Waals surface area contributed by atoms with Crippen molar-refractivity contribution < 1.29 is 4.79 Å². The van der Waals surface area contributed by atoms with Crippen LogP contribution in [-0.2, 0) is 16.8 Å². The molecule has 0 saturated carbocycles. The topological polar surface area (TPSA) is 54.0 Å². The van der Waals surface area contributed by atoms with E-state index in [0.29, 0.717) is 12.5 Å². The zero-order valence-electron chi connectivity index (χ0n) is 13.4. The first kappa shape index (κ1) is 17.1. The first-order valence-electron chi connectivity index (χ1n) is 7.16. The summed E-state index contributed by atoms with van der Waals surface area (Å²) in [6.45, 7) is 13.9. The average Bonchev–Trinajstić information content (AvgIpc) is 2.81. The lowest BCUT2D eigenvalue weighted by molar-refractivity contribution is -0.122. The van der Waals surface area contributed by atoms with Gasteiger partial charge in [0.05, 0.1) is 16.7 Å². The second-order valence-corrected chi connectivity index (χ2v) is 7.49. The second-order valence-electron chi connectivity index (χ2n) is 6.64. The van der Waals surface area contributed by atoms with Crippen molar-refractivity contribution in [1.29, 1.82) is 0 Å². The summed E-state index contributed by atoms with van der Waals surface area (Å²) in [5, 5.41) is 9.34. The summed E-state index contributed by atoms with van der Waals surface area (Å²) in [5.41, 5.74) is 1.09. The van der Waals surface area contributed by atoms with Crippen LogP contribution in [0.4, 0.5) is 0 Å². The highest BCUT2D eigenvalue weighted by Crippen LogP contribution is 2.25. The monoisotopic (exact) mass is 297 g/mol. The summed E-state index contributed by atoms with van der Waals surface area (Å²) in [4.78, 5) is 16.5. The molecule has 2 N–H and O–H groups in total. The summed E-state index contributed by atoms with van der Waals surface area (Å²) >= 11 is 1.68. The Bertz CT molecular complexity index is 435. The van der Waals surface area contributed by atoms with Crippen LogP contribution in [0.5, 0.6) is 0 Å². The molecule has 0 aromatic carbocycles. The third-order valence-corrected chi connectivity index (χ3v) is 4.18. The van der Waals surface area contributed by atoms with Gasteiger partial charge in [0.2, 0.25) is 5.91 Å². The quantitative estimate of drug-likeness (QED) is 0.849. The van der Waals surface area contributed by atoms with E-state index in [1.807, 2.05) is 6.92 Å². The lowest BCUT2D eigenvalue weighted by Crippen LogP contribution is -2.43. The fraction of sp³-hybridized carbons (Fsp3) is 0.733. The maximum absolute atomic E-state index is 11.8. The second kappa shape index (κ2) is 7.18. The average molecular weight is 297 g/mol. The van der Waals surface area contributed by atoms with Gasteiger partial charge in [-0.1, -0.05) is 34.6 Å². The van der Waals surface area contributed by atoms with Gasteiger partial charge in [0.15, 0.2) is 0 Å². The number of hydrogen-bond donors (Lipinski definition) is 2. The van der Waals surface area contributed by atoms with E-state index in [2.05, 4.69) is 55.6 Å². The van der Waals surface area contributed by atoms with Gasteiger partial charge in [0, 0.05) is 23.9 Å². The van der Waals surface area contributed by atoms with E-state index in [9.17, 15) is 4.79 Å². The third-order valence-electron chi connectivity index (χ3n) is 2.86. The number of nitrogens with zero attached hydrogens (tertiary/aromatic N) is 1. The first-order chi connectivity index (χ1) is 9.20. The molecular formula is C15H27N3OS. The molecule has 0 fully saturated rings. The molecule has 0 spiro atoms. The molecule has 114 valence electrons. The minimum absolute atomic E-state index is 0.0463. The fourth-order valence-corrected chi connectivity index (χ4v) is 2.45. The largest absolute Gasteiger partial charge is 0.354 e. The molecule has 0 aliphatic carbocycles. The van der Waals surface area contributed by atoms with E-state index in [4.69, 9.17) is 0 Å². The molecule has 20 heavy (non-hydrogen) atoms. The Kier molecular flexibility index (Phi) is 6.14. The molecule has 1 heterocycles. The third kappa shape index (κ3) is 5.59. The predicted molar refractivity (Wildman–Crippen MR) is 85.0 cm³/mol. The van der Waals surface area contributed by atoms with Gasteiger partial charge in [-0.25, -0.2) is 4.98 Å². The lowest BCUT2D eigenvalue weighted by atomic mass is 9.98. The van der Waals surface area contributed by atoms with Crippen LogP contribution in [0.2, 0.25) is 0 Å². The van der Waals surface area contributed by atoms with Gasteiger partial charge in [-0.3, -0.25) is 4.79 Å². The Labute approximate surface area is 126 Å². The number of hydrogen-bond acceptors (Lipinski definition) is 4. The Balaban J connectivity index is 2.43. The Morgan fingerprint density at radius 2 is 2.00 bits per heavy atom. The van der Waals surface area contributed by atoms with E-state index in [1.54, 1.807) is 11.3 Å². The van der Waals surface area contributed by atoms with E-state index >= 15 is 0 Å². The highest BCUT2D eigenvalue weighted by Gasteiger charge is 2.18. The number of thiazole rings is 1. The lowest BCUT2D eigenvalue weighted by Gasteiger charge is -2.15. The van der Waals surface area contributed by atoms with Crippen LogP contribution in [0, 0.1) is 5.92 Å². The summed E-state index contributed by atoms with van der Waals surface area (Å²) in [5.74, 6) is 0.518. The molecule has 0 bridgehead atoms.